The fourth-order valence-corrected chi connectivity index (χ4v) is 4.11. The summed E-state index contributed by atoms with van der Waals surface area (Å²) in [5.41, 5.74) is 4.95. The first-order valence-electron chi connectivity index (χ1n) is 9.82. The van der Waals surface area contributed by atoms with E-state index in [1.54, 1.807) is 0 Å². The Hall–Kier alpha value is -2.91. The van der Waals surface area contributed by atoms with Crippen LogP contribution in [0.15, 0.2) is 30.5 Å². The number of anilines is 1. The van der Waals surface area contributed by atoms with Crippen molar-refractivity contribution in [3.8, 4) is 17.3 Å². The zero-order valence-corrected chi connectivity index (χ0v) is 16.7. The van der Waals surface area contributed by atoms with Gasteiger partial charge in [-0.1, -0.05) is 13.5 Å². The molecule has 0 spiro atoms. The molecule has 1 fully saturated rings. The van der Waals surface area contributed by atoms with Gasteiger partial charge in [0, 0.05) is 43.0 Å². The molecular formula is C23H30N6. The summed E-state index contributed by atoms with van der Waals surface area (Å²) in [6, 6.07) is 10.4. The van der Waals surface area contributed by atoms with Gasteiger partial charge in [0.1, 0.15) is 11.7 Å². The largest absolute Gasteiger partial charge is 0.385 e. The number of nitrogens with one attached hydrogen (secondary N) is 1. The highest BCUT2D eigenvalue weighted by Crippen LogP contribution is 2.29. The van der Waals surface area contributed by atoms with Crippen LogP contribution in [0.3, 0.4) is 0 Å². The maximum atomic E-state index is 9.31. The fourth-order valence-electron chi connectivity index (χ4n) is 4.11. The second kappa shape index (κ2) is 8.62. The number of hydrogen-bond acceptors (Lipinski definition) is 5. The summed E-state index contributed by atoms with van der Waals surface area (Å²) in [4.78, 5) is 11.2. The van der Waals surface area contributed by atoms with Gasteiger partial charge in [0.15, 0.2) is 0 Å². The van der Waals surface area contributed by atoms with E-state index in [0.717, 1.165) is 41.1 Å². The molecule has 29 heavy (non-hydrogen) atoms. The van der Waals surface area contributed by atoms with Crippen LogP contribution >= 0.6 is 0 Å². The topological polar surface area (TPSA) is 69.8 Å². The lowest BCUT2D eigenvalue weighted by Crippen LogP contribution is -2.35. The predicted octanol–water partition coefficient (Wildman–Crippen LogP) is 4.21. The first-order chi connectivity index (χ1) is 13.5. The minimum atomic E-state index is 0. The Bertz CT molecular complexity index is 1050. The molecular weight excluding hydrogens is 360 g/mol. The molecule has 0 unspecified atom stereocenters. The minimum absolute atomic E-state index is 0. The van der Waals surface area contributed by atoms with Crippen molar-refractivity contribution in [3.63, 3.8) is 0 Å². The van der Waals surface area contributed by atoms with E-state index in [2.05, 4.69) is 58.4 Å². The predicted molar refractivity (Wildman–Crippen MR) is 119 cm³/mol. The molecule has 2 aromatic heterocycles. The molecule has 1 N–H and O–H groups in total. The van der Waals surface area contributed by atoms with Gasteiger partial charge in [-0.15, -0.1) is 0 Å². The van der Waals surface area contributed by atoms with Gasteiger partial charge in [0.25, 0.3) is 0 Å². The number of fused-ring (bicyclic) bond motifs is 1. The number of piperidine rings is 1. The Kier molecular flexibility index (Phi) is 6.19. The quantitative estimate of drug-likeness (QED) is 0.723. The average Bonchev–Trinajstić information content (AvgIpc) is 3.07. The lowest BCUT2D eigenvalue weighted by molar-refractivity contribution is 0.217. The van der Waals surface area contributed by atoms with Gasteiger partial charge in [0.05, 0.1) is 5.69 Å². The maximum Gasteiger partial charge on any atom is 0.234 e. The second-order valence-corrected chi connectivity index (χ2v) is 7.85. The van der Waals surface area contributed by atoms with Crippen LogP contribution in [-0.4, -0.2) is 46.1 Å². The van der Waals surface area contributed by atoms with Crippen molar-refractivity contribution in [2.45, 2.75) is 27.2 Å². The first-order valence-corrected chi connectivity index (χ1v) is 9.82. The summed E-state index contributed by atoms with van der Waals surface area (Å²) in [6.07, 6.45) is 4.52. The van der Waals surface area contributed by atoms with Crippen molar-refractivity contribution in [3.05, 3.63) is 41.9 Å². The lowest BCUT2D eigenvalue weighted by Gasteiger charge is -2.30. The standard InChI is InChI=1S/C22H26N6.CH4/c1-15-11-17(6-7-19(15)24-13-16-5-4-9-27(2)14-16)21-18-8-10-28(3)22(18)26-20(12-23)25-21;/h6-8,10-11,16,24H,4-5,9,13-14H2,1-3H3;1H4/t16-;/m1./s1. The number of rotatable bonds is 4. The van der Waals surface area contributed by atoms with Crippen LogP contribution in [0.1, 0.15) is 31.7 Å². The molecule has 4 rings (SSSR count). The summed E-state index contributed by atoms with van der Waals surface area (Å²) in [7, 11) is 4.13. The molecule has 0 aliphatic carbocycles. The maximum absolute atomic E-state index is 9.31. The Balaban J connectivity index is 0.00000240. The molecule has 3 heterocycles. The molecule has 1 aromatic carbocycles. The Labute approximate surface area is 173 Å². The van der Waals surface area contributed by atoms with Crippen molar-refractivity contribution in [1.29, 1.82) is 5.26 Å². The van der Waals surface area contributed by atoms with Gasteiger partial charge in [-0.25, -0.2) is 9.97 Å². The summed E-state index contributed by atoms with van der Waals surface area (Å²) < 4.78 is 1.92. The van der Waals surface area contributed by atoms with E-state index in [4.69, 9.17) is 0 Å². The minimum Gasteiger partial charge on any atom is -0.385 e. The Morgan fingerprint density at radius 3 is 2.79 bits per heavy atom. The zero-order valence-electron chi connectivity index (χ0n) is 16.7. The molecule has 6 nitrogen and oxygen atoms in total. The highest BCUT2D eigenvalue weighted by molar-refractivity contribution is 5.91. The van der Waals surface area contributed by atoms with Gasteiger partial charge in [-0.2, -0.15) is 5.26 Å². The molecule has 1 aliphatic heterocycles. The zero-order chi connectivity index (χ0) is 19.7. The molecule has 0 bridgehead atoms. The number of hydrogen-bond donors (Lipinski definition) is 1. The normalized spacial score (nSPS) is 17.0. The molecule has 3 aromatic rings. The number of nitrogens with zero attached hydrogens (tertiary/aromatic N) is 5. The van der Waals surface area contributed by atoms with Gasteiger partial charge in [0.2, 0.25) is 5.82 Å². The Morgan fingerprint density at radius 1 is 1.24 bits per heavy atom. The van der Waals surface area contributed by atoms with Gasteiger partial charge >= 0.3 is 0 Å². The van der Waals surface area contributed by atoms with Crippen molar-refractivity contribution >= 4 is 16.7 Å². The van der Waals surface area contributed by atoms with Crippen LogP contribution in [0.5, 0.6) is 0 Å². The van der Waals surface area contributed by atoms with Crippen LogP contribution in [0, 0.1) is 24.2 Å². The molecule has 1 atom stereocenters. The summed E-state index contributed by atoms with van der Waals surface area (Å²) in [6.45, 7) is 5.49. The van der Waals surface area contributed by atoms with Gasteiger partial charge < -0.3 is 14.8 Å². The van der Waals surface area contributed by atoms with Crippen LogP contribution in [-0.2, 0) is 7.05 Å². The SMILES string of the molecule is C.Cc1cc(-c2nc(C#N)nc3c2ccn3C)ccc1NC[C@H]1CCCN(C)C1. The molecule has 1 saturated heterocycles. The highest BCUT2D eigenvalue weighted by atomic mass is 15.1. The summed E-state index contributed by atoms with van der Waals surface area (Å²) in [5.74, 6) is 0.896. The van der Waals surface area contributed by atoms with Crippen LogP contribution < -0.4 is 5.32 Å². The monoisotopic (exact) mass is 390 g/mol. The molecule has 0 radical (unpaired) electrons. The molecule has 0 saturated carbocycles. The highest BCUT2D eigenvalue weighted by Gasteiger charge is 2.17. The van der Waals surface area contributed by atoms with Crippen LogP contribution in [0.4, 0.5) is 5.69 Å². The van der Waals surface area contributed by atoms with E-state index in [1.807, 2.05) is 23.9 Å². The van der Waals surface area contributed by atoms with Crippen LogP contribution in [0.25, 0.3) is 22.3 Å². The third-order valence-corrected chi connectivity index (χ3v) is 5.63. The van der Waals surface area contributed by atoms with E-state index in [9.17, 15) is 5.26 Å². The first kappa shape index (κ1) is 20.8. The third-order valence-electron chi connectivity index (χ3n) is 5.63. The third kappa shape index (κ3) is 4.25. The number of nitriles is 1. The fraction of sp³-hybridized carbons (Fsp3) is 0.435. The molecule has 6 heteroatoms. The molecule has 152 valence electrons. The summed E-state index contributed by atoms with van der Waals surface area (Å²) >= 11 is 0. The number of likely N-dealkylation sites (tertiary alicyclic amines) is 1. The van der Waals surface area contributed by atoms with Gasteiger partial charge in [-0.05, 0) is 63.0 Å². The van der Waals surface area contributed by atoms with Crippen molar-refractivity contribution in [1.82, 2.24) is 19.4 Å². The lowest BCUT2D eigenvalue weighted by atomic mass is 9.98. The van der Waals surface area contributed by atoms with Crippen LogP contribution in [0.2, 0.25) is 0 Å². The van der Waals surface area contributed by atoms with Gasteiger partial charge in [-0.3, -0.25) is 0 Å². The number of benzene rings is 1. The summed E-state index contributed by atoms with van der Waals surface area (Å²) in [5, 5.41) is 13.9. The van der Waals surface area contributed by atoms with E-state index in [0.29, 0.717) is 5.92 Å². The van der Waals surface area contributed by atoms with Crippen molar-refractivity contribution in [2.24, 2.45) is 13.0 Å². The number of aryl methyl sites for hydroxylation is 2. The van der Waals surface area contributed by atoms with E-state index < -0.39 is 0 Å². The molecule has 0 amide bonds. The number of aromatic nitrogens is 3. The van der Waals surface area contributed by atoms with E-state index >= 15 is 0 Å². The smallest absolute Gasteiger partial charge is 0.234 e. The Morgan fingerprint density at radius 2 is 2.07 bits per heavy atom. The van der Waals surface area contributed by atoms with Crippen molar-refractivity contribution in [2.75, 3.05) is 32.0 Å². The molecule has 1 aliphatic rings. The van der Waals surface area contributed by atoms with E-state index in [-0.39, 0.29) is 13.3 Å². The second-order valence-electron chi connectivity index (χ2n) is 7.85. The van der Waals surface area contributed by atoms with Crippen molar-refractivity contribution < 1.29 is 0 Å². The average molecular weight is 391 g/mol. The van der Waals surface area contributed by atoms with E-state index in [1.165, 1.54) is 24.9 Å².